The van der Waals surface area contributed by atoms with E-state index in [1.165, 1.54) is 79.4 Å². The van der Waals surface area contributed by atoms with E-state index in [0.717, 1.165) is 33.2 Å². The van der Waals surface area contributed by atoms with Crippen LogP contribution in [-0.4, -0.2) is 15.0 Å². The molecule has 0 aliphatic heterocycles. The van der Waals surface area contributed by atoms with Gasteiger partial charge in [0.05, 0.1) is 0 Å². The van der Waals surface area contributed by atoms with Crippen molar-refractivity contribution in [3.05, 3.63) is 188 Å². The minimum Gasteiger partial charge on any atom is -0.208 e. The monoisotopic (exact) mass is 765 g/mol. The third kappa shape index (κ3) is 4.91. The molecule has 0 amide bonds. The summed E-state index contributed by atoms with van der Waals surface area (Å²) in [5.74, 6) is 1.93. The second-order valence-corrected chi connectivity index (χ2v) is 16.6. The van der Waals surface area contributed by atoms with Crippen molar-refractivity contribution in [2.75, 3.05) is 0 Å². The summed E-state index contributed by atoms with van der Waals surface area (Å²) in [5.41, 5.74) is 5.07. The number of hydrogen-bond donors (Lipinski definition) is 0. The lowest BCUT2D eigenvalue weighted by Gasteiger charge is -2.17. The molecule has 13 aromatic rings. The number of aromatic nitrogens is 3. The molecule has 0 bridgehead atoms. The summed E-state index contributed by atoms with van der Waals surface area (Å²) in [6, 6.07) is 68.1. The molecule has 0 N–H and O–H groups in total. The molecule has 0 atom stereocenters. The van der Waals surface area contributed by atoms with Crippen molar-refractivity contribution >= 4 is 96.1 Å². The fourth-order valence-electron chi connectivity index (χ4n) is 9.58. The molecule has 13 rings (SSSR count). The molecule has 0 aliphatic carbocycles. The van der Waals surface area contributed by atoms with Gasteiger partial charge in [-0.05, 0) is 106 Å². The molecule has 4 heteroatoms. The van der Waals surface area contributed by atoms with E-state index in [0.29, 0.717) is 17.5 Å². The van der Waals surface area contributed by atoms with Crippen molar-refractivity contribution in [1.82, 2.24) is 15.0 Å². The van der Waals surface area contributed by atoms with E-state index >= 15 is 0 Å². The van der Waals surface area contributed by atoms with Crippen LogP contribution in [-0.2, 0) is 0 Å². The summed E-state index contributed by atoms with van der Waals surface area (Å²) >= 11 is 1.84. The SMILES string of the molecule is c1ccc(-c2nc(-c3cc4ccc5cccc6c7cccc8ccc9cccc(c(c3)c4c56)c9c87)nc(-c3ccccc3-c3ccc4sc5ccccc5c4c3)n2)cc1. The predicted molar refractivity (Wildman–Crippen MR) is 251 cm³/mol. The summed E-state index contributed by atoms with van der Waals surface area (Å²) in [5, 5.41) is 17.4. The lowest BCUT2D eigenvalue weighted by molar-refractivity contribution is 1.08. The fourth-order valence-corrected chi connectivity index (χ4v) is 10.7. The van der Waals surface area contributed by atoms with Crippen molar-refractivity contribution in [2.24, 2.45) is 0 Å². The quantitative estimate of drug-likeness (QED) is 0.168. The molecule has 59 heavy (non-hydrogen) atoms. The summed E-state index contributed by atoms with van der Waals surface area (Å²) in [4.78, 5) is 15.9. The largest absolute Gasteiger partial charge is 0.208 e. The summed E-state index contributed by atoms with van der Waals surface area (Å²) in [7, 11) is 0. The minimum atomic E-state index is 0.641. The maximum Gasteiger partial charge on any atom is 0.164 e. The number of thiophene rings is 1. The van der Waals surface area contributed by atoms with Gasteiger partial charge >= 0.3 is 0 Å². The highest BCUT2D eigenvalue weighted by molar-refractivity contribution is 7.25. The Morgan fingerprint density at radius 1 is 0.271 bits per heavy atom. The predicted octanol–water partition coefficient (Wildman–Crippen LogP) is 15.3. The highest BCUT2D eigenvalue weighted by Crippen LogP contribution is 2.45. The Hall–Kier alpha value is -7.53. The van der Waals surface area contributed by atoms with Crippen LogP contribution in [0.15, 0.2) is 188 Å². The Kier molecular flexibility index (Phi) is 6.89. The second-order valence-electron chi connectivity index (χ2n) is 15.5. The van der Waals surface area contributed by atoms with E-state index < -0.39 is 0 Å². The molecule has 0 saturated carbocycles. The standard InChI is InChI=1S/C55H31N3S/c1-2-11-35(12-3-1)53-56-54(58-55(57-53)44-18-5-4-16-39(44)36-27-28-48-45(30-36)40-17-6-7-22-47(40)59-48)38-29-37-26-25-34-14-9-20-42-41-19-8-13-32-23-24-33-15-10-21-43(51(33)49(32)41)46(31-38)52(37)50(34)42/h1-31H. The summed E-state index contributed by atoms with van der Waals surface area (Å²) in [6.45, 7) is 0. The van der Waals surface area contributed by atoms with Gasteiger partial charge in [-0.1, -0.05) is 158 Å². The van der Waals surface area contributed by atoms with E-state index in [1.807, 2.05) is 29.5 Å². The number of benzene rings is 10. The number of rotatable bonds is 4. The molecule has 0 saturated heterocycles. The molecule has 0 aliphatic rings. The zero-order valence-corrected chi connectivity index (χ0v) is 32.5. The van der Waals surface area contributed by atoms with Gasteiger partial charge in [0, 0.05) is 36.9 Å². The van der Waals surface area contributed by atoms with Crippen LogP contribution >= 0.6 is 11.3 Å². The molecule has 272 valence electrons. The first kappa shape index (κ1) is 32.5. The first-order valence-corrected chi connectivity index (χ1v) is 20.8. The average molecular weight is 766 g/mol. The number of hydrogen-bond acceptors (Lipinski definition) is 4. The lowest BCUT2D eigenvalue weighted by atomic mass is 9.87. The third-order valence-corrected chi connectivity index (χ3v) is 13.4. The maximum atomic E-state index is 5.39. The molecular formula is C55H31N3S. The van der Waals surface area contributed by atoms with Crippen molar-refractivity contribution in [3.8, 4) is 45.3 Å². The Bertz CT molecular complexity index is 3840. The lowest BCUT2D eigenvalue weighted by Crippen LogP contribution is -2.01. The minimum absolute atomic E-state index is 0.641. The van der Waals surface area contributed by atoms with Crippen molar-refractivity contribution in [2.45, 2.75) is 0 Å². The molecule has 11 aromatic carbocycles. The van der Waals surface area contributed by atoms with Crippen LogP contribution in [0.2, 0.25) is 0 Å². The van der Waals surface area contributed by atoms with E-state index in [-0.39, 0.29) is 0 Å². The maximum absolute atomic E-state index is 5.39. The van der Waals surface area contributed by atoms with Gasteiger partial charge < -0.3 is 0 Å². The van der Waals surface area contributed by atoms with Crippen LogP contribution in [0.3, 0.4) is 0 Å². The first-order valence-electron chi connectivity index (χ1n) is 20.0. The Balaban J connectivity index is 1.11. The number of fused-ring (bicyclic) bond motifs is 5. The van der Waals surface area contributed by atoms with Gasteiger partial charge in [0.1, 0.15) is 0 Å². The fraction of sp³-hybridized carbons (Fsp3) is 0. The summed E-state index contributed by atoms with van der Waals surface area (Å²) in [6.07, 6.45) is 0. The van der Waals surface area contributed by atoms with Gasteiger partial charge in [0.15, 0.2) is 17.5 Å². The van der Waals surface area contributed by atoms with Gasteiger partial charge in [0.25, 0.3) is 0 Å². The average Bonchev–Trinajstić information content (AvgIpc) is 3.68. The van der Waals surface area contributed by atoms with Crippen LogP contribution in [0.1, 0.15) is 0 Å². The van der Waals surface area contributed by atoms with E-state index in [1.54, 1.807) is 0 Å². The van der Waals surface area contributed by atoms with Crippen molar-refractivity contribution < 1.29 is 0 Å². The zero-order valence-electron chi connectivity index (χ0n) is 31.6. The molecule has 2 aromatic heterocycles. The second kappa shape index (κ2) is 12.5. The molecule has 2 heterocycles. The smallest absolute Gasteiger partial charge is 0.164 e. The van der Waals surface area contributed by atoms with Crippen LogP contribution in [0, 0.1) is 0 Å². The molecule has 0 radical (unpaired) electrons. The van der Waals surface area contributed by atoms with E-state index in [2.05, 4.69) is 170 Å². The Morgan fingerprint density at radius 3 is 1.49 bits per heavy atom. The van der Waals surface area contributed by atoms with Crippen LogP contribution in [0.4, 0.5) is 0 Å². The first-order chi connectivity index (χ1) is 29.2. The van der Waals surface area contributed by atoms with Crippen molar-refractivity contribution in [3.63, 3.8) is 0 Å². The molecule has 0 spiro atoms. The Labute approximate surface area is 342 Å². The van der Waals surface area contributed by atoms with Gasteiger partial charge in [-0.2, -0.15) is 0 Å². The summed E-state index contributed by atoms with van der Waals surface area (Å²) < 4.78 is 2.58. The zero-order chi connectivity index (χ0) is 38.6. The van der Waals surface area contributed by atoms with Gasteiger partial charge in [-0.3, -0.25) is 0 Å². The van der Waals surface area contributed by atoms with Gasteiger partial charge in [-0.25, -0.2) is 15.0 Å². The van der Waals surface area contributed by atoms with E-state index in [4.69, 9.17) is 15.0 Å². The highest BCUT2D eigenvalue weighted by Gasteiger charge is 2.20. The van der Waals surface area contributed by atoms with Gasteiger partial charge in [-0.15, -0.1) is 11.3 Å². The number of nitrogens with zero attached hydrogens (tertiary/aromatic N) is 3. The third-order valence-electron chi connectivity index (χ3n) is 12.2. The van der Waals surface area contributed by atoms with Crippen LogP contribution in [0.5, 0.6) is 0 Å². The molecule has 0 fully saturated rings. The molecule has 0 unspecified atom stereocenters. The van der Waals surface area contributed by atoms with Crippen LogP contribution < -0.4 is 0 Å². The topological polar surface area (TPSA) is 38.7 Å². The van der Waals surface area contributed by atoms with Gasteiger partial charge in [0.2, 0.25) is 0 Å². The van der Waals surface area contributed by atoms with Crippen LogP contribution in [0.25, 0.3) is 130 Å². The molecular weight excluding hydrogens is 735 g/mol. The normalized spacial score (nSPS) is 12.1. The Morgan fingerprint density at radius 2 is 0.780 bits per heavy atom. The molecule has 3 nitrogen and oxygen atoms in total. The highest BCUT2D eigenvalue weighted by atomic mass is 32.1. The van der Waals surface area contributed by atoms with Crippen molar-refractivity contribution in [1.29, 1.82) is 0 Å². The van der Waals surface area contributed by atoms with E-state index in [9.17, 15) is 0 Å².